The Labute approximate surface area is 142 Å². The van der Waals surface area contributed by atoms with Gasteiger partial charge in [-0.3, -0.25) is 4.79 Å². The third kappa shape index (κ3) is 6.37. The van der Waals surface area contributed by atoms with Gasteiger partial charge in [0.25, 0.3) is 0 Å². The molecule has 122 valence electrons. The van der Waals surface area contributed by atoms with Gasteiger partial charge in [0.15, 0.2) is 0 Å². The quantitative estimate of drug-likeness (QED) is 0.781. The average molecular weight is 329 g/mol. The monoisotopic (exact) mass is 329 g/mol. The van der Waals surface area contributed by atoms with E-state index < -0.39 is 0 Å². The van der Waals surface area contributed by atoms with E-state index in [4.69, 9.17) is 4.74 Å². The number of hydrogen-bond donors (Lipinski definition) is 1. The molecule has 0 heterocycles. The highest BCUT2D eigenvalue weighted by Gasteiger charge is 2.08. The Balaban J connectivity index is 1.69. The molecule has 0 spiro atoms. The number of aryl methyl sites for hydroxylation is 2. The summed E-state index contributed by atoms with van der Waals surface area (Å²) in [5.41, 5.74) is 2.42. The minimum absolute atomic E-state index is 0.0237. The SMILES string of the molecule is Cc1ccc(OCC(C)NC(=O)CSc2ccc(C)cc2)cc1. The number of hydrogen-bond acceptors (Lipinski definition) is 3. The van der Waals surface area contributed by atoms with Gasteiger partial charge in [0, 0.05) is 4.90 Å². The van der Waals surface area contributed by atoms with Crippen LogP contribution in [0.15, 0.2) is 53.4 Å². The molecule has 1 atom stereocenters. The van der Waals surface area contributed by atoms with E-state index in [1.165, 1.54) is 11.1 Å². The fourth-order valence-electron chi connectivity index (χ4n) is 2.00. The molecule has 0 bridgehead atoms. The van der Waals surface area contributed by atoms with Gasteiger partial charge in [0.05, 0.1) is 11.8 Å². The number of benzene rings is 2. The van der Waals surface area contributed by atoms with Crippen LogP contribution in [0, 0.1) is 13.8 Å². The molecule has 1 unspecified atom stereocenters. The first kappa shape index (κ1) is 17.4. The molecule has 23 heavy (non-hydrogen) atoms. The van der Waals surface area contributed by atoms with Crippen molar-refractivity contribution in [2.75, 3.05) is 12.4 Å². The molecule has 2 aromatic rings. The highest BCUT2D eigenvalue weighted by atomic mass is 32.2. The molecule has 0 aromatic heterocycles. The van der Waals surface area contributed by atoms with Crippen LogP contribution in [0.4, 0.5) is 0 Å². The maximum atomic E-state index is 12.0. The largest absolute Gasteiger partial charge is 0.491 e. The van der Waals surface area contributed by atoms with Crippen molar-refractivity contribution in [3.8, 4) is 5.75 Å². The normalized spacial score (nSPS) is 11.8. The van der Waals surface area contributed by atoms with Gasteiger partial charge >= 0.3 is 0 Å². The summed E-state index contributed by atoms with van der Waals surface area (Å²) >= 11 is 1.54. The molecule has 4 heteroatoms. The van der Waals surface area contributed by atoms with Crippen LogP contribution >= 0.6 is 11.8 Å². The van der Waals surface area contributed by atoms with Crippen LogP contribution < -0.4 is 10.1 Å². The lowest BCUT2D eigenvalue weighted by molar-refractivity contribution is -0.119. The van der Waals surface area contributed by atoms with Crippen LogP contribution in [0.1, 0.15) is 18.1 Å². The Bertz CT molecular complexity index is 623. The Morgan fingerprint density at radius 1 is 1.04 bits per heavy atom. The second-order valence-electron chi connectivity index (χ2n) is 5.69. The highest BCUT2D eigenvalue weighted by Crippen LogP contribution is 2.18. The number of rotatable bonds is 7. The first-order chi connectivity index (χ1) is 11.0. The molecule has 2 aromatic carbocycles. The van der Waals surface area contributed by atoms with E-state index in [0.717, 1.165) is 10.6 Å². The van der Waals surface area contributed by atoms with Crippen LogP contribution in [0.25, 0.3) is 0 Å². The third-order valence-electron chi connectivity index (χ3n) is 3.32. The Morgan fingerprint density at radius 2 is 1.61 bits per heavy atom. The van der Waals surface area contributed by atoms with E-state index in [1.54, 1.807) is 11.8 Å². The minimum Gasteiger partial charge on any atom is -0.491 e. The molecule has 1 amide bonds. The Morgan fingerprint density at radius 3 is 2.22 bits per heavy atom. The van der Waals surface area contributed by atoms with Crippen molar-refractivity contribution in [2.24, 2.45) is 0 Å². The van der Waals surface area contributed by atoms with Gasteiger partial charge in [0.1, 0.15) is 12.4 Å². The third-order valence-corrected chi connectivity index (χ3v) is 4.33. The lowest BCUT2D eigenvalue weighted by atomic mass is 10.2. The van der Waals surface area contributed by atoms with Crippen molar-refractivity contribution in [1.82, 2.24) is 5.32 Å². The maximum Gasteiger partial charge on any atom is 0.230 e. The van der Waals surface area contributed by atoms with Gasteiger partial charge in [-0.2, -0.15) is 0 Å². The van der Waals surface area contributed by atoms with Crippen LogP contribution in [0.5, 0.6) is 5.75 Å². The first-order valence-corrected chi connectivity index (χ1v) is 8.70. The van der Waals surface area contributed by atoms with E-state index in [9.17, 15) is 4.79 Å². The smallest absolute Gasteiger partial charge is 0.230 e. The summed E-state index contributed by atoms with van der Waals surface area (Å²) in [6, 6.07) is 16.1. The zero-order valence-corrected chi connectivity index (χ0v) is 14.7. The van der Waals surface area contributed by atoms with Gasteiger partial charge < -0.3 is 10.1 Å². The van der Waals surface area contributed by atoms with Crippen molar-refractivity contribution in [3.63, 3.8) is 0 Å². The van der Waals surface area contributed by atoms with Crippen molar-refractivity contribution < 1.29 is 9.53 Å². The van der Waals surface area contributed by atoms with Crippen molar-refractivity contribution in [1.29, 1.82) is 0 Å². The molecule has 0 aliphatic carbocycles. The number of nitrogens with one attached hydrogen (secondary N) is 1. The number of thioether (sulfide) groups is 1. The van der Waals surface area contributed by atoms with Crippen LogP contribution in [0.2, 0.25) is 0 Å². The molecule has 0 saturated carbocycles. The van der Waals surface area contributed by atoms with Crippen molar-refractivity contribution in [2.45, 2.75) is 31.7 Å². The average Bonchev–Trinajstić information content (AvgIpc) is 2.54. The predicted molar refractivity (Wildman–Crippen MR) is 96.2 cm³/mol. The second-order valence-corrected chi connectivity index (χ2v) is 6.74. The molecular weight excluding hydrogens is 306 g/mol. The fraction of sp³-hybridized carbons (Fsp3) is 0.316. The number of carbonyl (C=O) groups is 1. The summed E-state index contributed by atoms with van der Waals surface area (Å²) in [6.45, 7) is 6.50. The van der Waals surface area contributed by atoms with Gasteiger partial charge in [-0.1, -0.05) is 35.4 Å². The Hall–Kier alpha value is -1.94. The maximum absolute atomic E-state index is 12.0. The molecule has 2 rings (SSSR count). The fourth-order valence-corrected chi connectivity index (χ4v) is 2.71. The Kier molecular flexibility index (Phi) is 6.53. The predicted octanol–water partition coefficient (Wildman–Crippen LogP) is 3.98. The summed E-state index contributed by atoms with van der Waals surface area (Å²) in [5, 5.41) is 2.96. The molecule has 0 fully saturated rings. The van der Waals surface area contributed by atoms with Crippen LogP contribution in [-0.2, 0) is 4.79 Å². The summed E-state index contributed by atoms with van der Waals surface area (Å²) in [7, 11) is 0. The lowest BCUT2D eigenvalue weighted by Crippen LogP contribution is -2.37. The zero-order valence-electron chi connectivity index (χ0n) is 13.8. The summed E-state index contributed by atoms with van der Waals surface area (Å²) in [5.74, 6) is 1.26. The summed E-state index contributed by atoms with van der Waals surface area (Å²) < 4.78 is 5.68. The van der Waals surface area contributed by atoms with E-state index in [2.05, 4.69) is 24.4 Å². The molecule has 0 aliphatic heterocycles. The lowest BCUT2D eigenvalue weighted by Gasteiger charge is -2.15. The van der Waals surface area contributed by atoms with Gasteiger partial charge in [-0.05, 0) is 45.0 Å². The molecule has 0 saturated heterocycles. The number of ether oxygens (including phenoxy) is 1. The molecule has 0 aliphatic rings. The highest BCUT2D eigenvalue weighted by molar-refractivity contribution is 8.00. The van der Waals surface area contributed by atoms with Crippen LogP contribution in [-0.4, -0.2) is 24.3 Å². The van der Waals surface area contributed by atoms with E-state index in [0.29, 0.717) is 12.4 Å². The second kappa shape index (κ2) is 8.63. The van der Waals surface area contributed by atoms with Gasteiger partial charge in [-0.25, -0.2) is 0 Å². The standard InChI is InChI=1S/C19H23NO2S/c1-14-4-8-17(9-5-14)22-12-16(3)20-19(21)13-23-18-10-6-15(2)7-11-18/h4-11,16H,12-13H2,1-3H3,(H,20,21). The van der Waals surface area contributed by atoms with Crippen LogP contribution in [0.3, 0.4) is 0 Å². The minimum atomic E-state index is -0.0255. The van der Waals surface area contributed by atoms with Gasteiger partial charge in [0.2, 0.25) is 5.91 Å². The van der Waals surface area contributed by atoms with E-state index in [1.807, 2.05) is 50.2 Å². The summed E-state index contributed by atoms with van der Waals surface area (Å²) in [4.78, 5) is 13.1. The number of carbonyl (C=O) groups excluding carboxylic acids is 1. The molecular formula is C19H23NO2S. The van der Waals surface area contributed by atoms with Gasteiger partial charge in [-0.15, -0.1) is 11.8 Å². The molecule has 3 nitrogen and oxygen atoms in total. The molecule has 0 radical (unpaired) electrons. The first-order valence-electron chi connectivity index (χ1n) is 7.71. The van der Waals surface area contributed by atoms with E-state index >= 15 is 0 Å². The molecule has 1 N–H and O–H groups in total. The van der Waals surface area contributed by atoms with Crippen molar-refractivity contribution >= 4 is 17.7 Å². The van der Waals surface area contributed by atoms with E-state index in [-0.39, 0.29) is 11.9 Å². The number of amides is 1. The summed E-state index contributed by atoms with van der Waals surface area (Å²) in [6.07, 6.45) is 0. The topological polar surface area (TPSA) is 38.3 Å². The van der Waals surface area contributed by atoms with Crippen molar-refractivity contribution in [3.05, 3.63) is 59.7 Å². The zero-order chi connectivity index (χ0) is 16.7.